The van der Waals surface area contributed by atoms with E-state index in [1.165, 1.54) is 23.8 Å². The van der Waals surface area contributed by atoms with Gasteiger partial charge in [-0.25, -0.2) is 4.90 Å². The van der Waals surface area contributed by atoms with E-state index in [2.05, 4.69) is 0 Å². The lowest BCUT2D eigenvalue weighted by Gasteiger charge is -2.18. The van der Waals surface area contributed by atoms with Crippen LogP contribution in [0.4, 0.5) is 5.69 Å². The Bertz CT molecular complexity index is 920. The van der Waals surface area contributed by atoms with Crippen LogP contribution in [0.25, 0.3) is 5.57 Å². The molecule has 1 aliphatic heterocycles. The summed E-state index contributed by atoms with van der Waals surface area (Å²) in [7, 11) is 3.07. The Kier molecular flexibility index (Phi) is 5.56. The number of hydrogen-bond acceptors (Lipinski definition) is 5. The van der Waals surface area contributed by atoms with Gasteiger partial charge in [0.05, 0.1) is 30.4 Å². The lowest BCUT2D eigenvalue weighted by molar-refractivity contribution is -0.119. The lowest BCUT2D eigenvalue weighted by atomic mass is 10.0. The maximum Gasteiger partial charge on any atom is 0.272 e. The highest BCUT2D eigenvalue weighted by atomic mass is 32.2. The van der Waals surface area contributed by atoms with Crippen LogP contribution in [0.15, 0.2) is 53.4 Å². The van der Waals surface area contributed by atoms with Crippen LogP contribution >= 0.6 is 11.8 Å². The molecule has 2 aromatic rings. The zero-order chi connectivity index (χ0) is 19.6. The number of amides is 2. The second-order valence-electron chi connectivity index (χ2n) is 6.19. The molecular weight excluding hydrogens is 362 g/mol. The largest absolute Gasteiger partial charge is 0.496 e. The first kappa shape index (κ1) is 19.0. The molecule has 1 aliphatic rings. The van der Waals surface area contributed by atoms with Crippen molar-refractivity contribution in [2.24, 2.45) is 0 Å². The molecule has 140 valence electrons. The van der Waals surface area contributed by atoms with Crippen molar-refractivity contribution >= 4 is 34.8 Å². The first-order valence-electron chi connectivity index (χ1n) is 8.55. The summed E-state index contributed by atoms with van der Waals surface area (Å²) in [6, 6.07) is 14.2. The van der Waals surface area contributed by atoms with Gasteiger partial charge in [0.15, 0.2) is 0 Å². The van der Waals surface area contributed by atoms with Crippen molar-refractivity contribution in [1.82, 2.24) is 0 Å². The standard InChI is InChI=1S/C21H21NO4S/c1-13(2)27-19-18(14-9-5-7-11-16(14)25-3)20(23)22(21(19)24)15-10-6-8-12-17(15)26-4/h5-13H,1-4H3. The molecule has 0 bridgehead atoms. The molecule has 2 amide bonds. The van der Waals surface area contributed by atoms with E-state index in [-0.39, 0.29) is 17.1 Å². The lowest BCUT2D eigenvalue weighted by Crippen LogP contribution is -2.31. The summed E-state index contributed by atoms with van der Waals surface area (Å²) in [6.45, 7) is 3.97. The molecule has 0 atom stereocenters. The molecule has 0 radical (unpaired) electrons. The summed E-state index contributed by atoms with van der Waals surface area (Å²) >= 11 is 1.38. The van der Waals surface area contributed by atoms with Gasteiger partial charge in [-0.15, -0.1) is 11.8 Å². The van der Waals surface area contributed by atoms with Crippen molar-refractivity contribution in [2.75, 3.05) is 19.1 Å². The SMILES string of the molecule is COc1ccccc1C1=C(SC(C)C)C(=O)N(c2ccccc2OC)C1=O. The highest BCUT2D eigenvalue weighted by Gasteiger charge is 2.42. The van der Waals surface area contributed by atoms with Crippen LogP contribution in [0.2, 0.25) is 0 Å². The van der Waals surface area contributed by atoms with E-state index in [4.69, 9.17) is 9.47 Å². The summed E-state index contributed by atoms with van der Waals surface area (Å²) in [6.07, 6.45) is 0. The summed E-state index contributed by atoms with van der Waals surface area (Å²) in [5.74, 6) is 0.299. The molecule has 0 aromatic heterocycles. The minimum absolute atomic E-state index is 0.138. The van der Waals surface area contributed by atoms with Gasteiger partial charge < -0.3 is 9.47 Å². The second-order valence-corrected chi connectivity index (χ2v) is 7.78. The van der Waals surface area contributed by atoms with Crippen LogP contribution in [-0.2, 0) is 9.59 Å². The van der Waals surface area contributed by atoms with E-state index < -0.39 is 0 Å². The molecule has 2 aromatic carbocycles. The number of thioether (sulfide) groups is 1. The number of imide groups is 1. The molecular formula is C21H21NO4S. The Morgan fingerprint density at radius 1 is 0.852 bits per heavy atom. The van der Waals surface area contributed by atoms with Gasteiger partial charge >= 0.3 is 0 Å². The third-order valence-electron chi connectivity index (χ3n) is 4.10. The normalized spacial score (nSPS) is 14.3. The average Bonchev–Trinajstić information content (AvgIpc) is 2.91. The Morgan fingerprint density at radius 3 is 2.07 bits per heavy atom. The Balaban J connectivity index is 2.18. The number of carbonyl (C=O) groups excluding carboxylic acids is 2. The molecule has 0 aliphatic carbocycles. The monoisotopic (exact) mass is 383 g/mol. The molecule has 5 nitrogen and oxygen atoms in total. The van der Waals surface area contributed by atoms with E-state index in [0.717, 1.165) is 0 Å². The molecule has 27 heavy (non-hydrogen) atoms. The molecule has 0 saturated heterocycles. The molecule has 6 heteroatoms. The quantitative estimate of drug-likeness (QED) is 0.702. The maximum absolute atomic E-state index is 13.4. The fraction of sp³-hybridized carbons (Fsp3) is 0.238. The van der Waals surface area contributed by atoms with E-state index in [9.17, 15) is 9.59 Å². The number of methoxy groups -OCH3 is 2. The highest BCUT2D eigenvalue weighted by Crippen LogP contribution is 2.44. The molecule has 1 heterocycles. The van der Waals surface area contributed by atoms with Crippen molar-refractivity contribution in [1.29, 1.82) is 0 Å². The number of hydrogen-bond donors (Lipinski definition) is 0. The molecule has 0 saturated carbocycles. The van der Waals surface area contributed by atoms with Crippen molar-refractivity contribution in [3.05, 3.63) is 59.0 Å². The van der Waals surface area contributed by atoms with Gasteiger partial charge in [-0.2, -0.15) is 0 Å². The molecule has 0 N–H and O–H groups in total. The molecule has 3 rings (SSSR count). The van der Waals surface area contributed by atoms with Crippen LogP contribution in [0.5, 0.6) is 11.5 Å². The number of ether oxygens (including phenoxy) is 2. The summed E-state index contributed by atoms with van der Waals surface area (Å²) in [5, 5.41) is 0.138. The topological polar surface area (TPSA) is 55.8 Å². The number of rotatable bonds is 6. The van der Waals surface area contributed by atoms with E-state index in [0.29, 0.717) is 33.2 Å². The first-order valence-corrected chi connectivity index (χ1v) is 9.43. The Hall–Kier alpha value is -2.73. The predicted molar refractivity (Wildman–Crippen MR) is 108 cm³/mol. The summed E-state index contributed by atoms with van der Waals surface area (Å²) in [4.78, 5) is 28.2. The van der Waals surface area contributed by atoms with Gasteiger partial charge in [0.25, 0.3) is 11.8 Å². The Morgan fingerprint density at radius 2 is 1.44 bits per heavy atom. The molecule has 0 fully saturated rings. The fourth-order valence-electron chi connectivity index (χ4n) is 2.98. The van der Waals surface area contributed by atoms with Crippen molar-refractivity contribution in [2.45, 2.75) is 19.1 Å². The number of para-hydroxylation sites is 3. The van der Waals surface area contributed by atoms with Gasteiger partial charge in [0, 0.05) is 10.8 Å². The number of anilines is 1. The maximum atomic E-state index is 13.4. The zero-order valence-electron chi connectivity index (χ0n) is 15.7. The average molecular weight is 383 g/mol. The van der Waals surface area contributed by atoms with Gasteiger partial charge in [0.1, 0.15) is 11.5 Å². The fourth-order valence-corrected chi connectivity index (χ4v) is 3.96. The summed E-state index contributed by atoms with van der Waals surface area (Å²) in [5.41, 5.74) is 1.41. The van der Waals surface area contributed by atoms with E-state index in [1.807, 2.05) is 26.0 Å². The van der Waals surface area contributed by atoms with E-state index in [1.54, 1.807) is 43.5 Å². The Labute approximate surface area is 163 Å². The van der Waals surface area contributed by atoms with Crippen molar-refractivity contribution in [3.63, 3.8) is 0 Å². The minimum atomic E-state index is -0.378. The smallest absolute Gasteiger partial charge is 0.272 e. The molecule has 0 spiro atoms. The molecule has 0 unspecified atom stereocenters. The van der Waals surface area contributed by atoms with Crippen molar-refractivity contribution in [3.8, 4) is 11.5 Å². The number of nitrogens with zero attached hydrogens (tertiary/aromatic N) is 1. The predicted octanol–water partition coefficient (Wildman–Crippen LogP) is 4.13. The van der Waals surface area contributed by atoms with Crippen LogP contribution in [-0.4, -0.2) is 31.3 Å². The van der Waals surface area contributed by atoms with Crippen LogP contribution < -0.4 is 14.4 Å². The van der Waals surface area contributed by atoms with Crippen molar-refractivity contribution < 1.29 is 19.1 Å². The third kappa shape index (κ3) is 3.45. The van der Waals surface area contributed by atoms with Crippen LogP contribution in [0.1, 0.15) is 19.4 Å². The van der Waals surface area contributed by atoms with Gasteiger partial charge in [0.2, 0.25) is 0 Å². The first-order chi connectivity index (χ1) is 13.0. The second kappa shape index (κ2) is 7.88. The minimum Gasteiger partial charge on any atom is -0.496 e. The van der Waals surface area contributed by atoms with E-state index >= 15 is 0 Å². The van der Waals surface area contributed by atoms with Gasteiger partial charge in [-0.1, -0.05) is 44.2 Å². The number of carbonyl (C=O) groups is 2. The zero-order valence-corrected chi connectivity index (χ0v) is 16.5. The summed E-state index contributed by atoms with van der Waals surface area (Å²) < 4.78 is 10.8. The third-order valence-corrected chi connectivity index (χ3v) is 5.18. The highest BCUT2D eigenvalue weighted by molar-refractivity contribution is 8.04. The van der Waals surface area contributed by atoms with Crippen LogP contribution in [0.3, 0.4) is 0 Å². The number of benzene rings is 2. The van der Waals surface area contributed by atoms with Gasteiger partial charge in [-0.3, -0.25) is 9.59 Å². The van der Waals surface area contributed by atoms with Crippen LogP contribution in [0, 0.1) is 0 Å². The van der Waals surface area contributed by atoms with Gasteiger partial charge in [-0.05, 0) is 18.2 Å².